The highest BCUT2D eigenvalue weighted by Crippen LogP contribution is 2.29. The monoisotopic (exact) mass is 386 g/mol. The number of methoxy groups -OCH3 is 1. The second kappa shape index (κ2) is 8.04. The lowest BCUT2D eigenvalue weighted by Gasteiger charge is -2.12. The molecule has 0 amide bonds. The summed E-state index contributed by atoms with van der Waals surface area (Å²) in [6.07, 6.45) is 2.36. The largest absolute Gasteiger partial charge is 0.465 e. The van der Waals surface area contributed by atoms with Gasteiger partial charge in [-0.1, -0.05) is 41.6 Å². The Morgan fingerprint density at radius 2 is 1.79 bits per heavy atom. The van der Waals surface area contributed by atoms with E-state index in [1.165, 1.54) is 11.8 Å². The van der Waals surface area contributed by atoms with Gasteiger partial charge in [0.25, 0.3) is 0 Å². The van der Waals surface area contributed by atoms with Gasteiger partial charge in [0.1, 0.15) is 11.8 Å². The molecule has 4 aromatic rings. The Balaban J connectivity index is 1.63. The van der Waals surface area contributed by atoms with Crippen molar-refractivity contribution in [3.05, 3.63) is 95.9 Å². The zero-order valence-electron chi connectivity index (χ0n) is 15.6. The number of rotatable bonds is 5. The highest BCUT2D eigenvalue weighted by atomic mass is 16.5. The zero-order chi connectivity index (χ0) is 20.2. The minimum absolute atomic E-state index is 0.396. The smallest absolute Gasteiger partial charge is 0.337 e. The van der Waals surface area contributed by atoms with E-state index in [-0.39, 0.29) is 0 Å². The van der Waals surface area contributed by atoms with Crippen LogP contribution in [0.5, 0.6) is 0 Å². The van der Waals surface area contributed by atoms with Crippen LogP contribution in [0.4, 0.5) is 0 Å². The Morgan fingerprint density at radius 3 is 2.52 bits per heavy atom. The Bertz CT molecular complexity index is 1120. The van der Waals surface area contributed by atoms with Crippen molar-refractivity contribution in [1.29, 1.82) is 0 Å². The molecule has 4 rings (SSSR count). The van der Waals surface area contributed by atoms with E-state index in [9.17, 15) is 9.90 Å². The summed E-state index contributed by atoms with van der Waals surface area (Å²) in [5.74, 6) is -0.406. The SMILES string of the molecule is COC(=O)c1ccc(-n2cc(C(O)c3cccnc3-c3ccccc3)nn2)cc1. The molecule has 0 radical (unpaired) electrons. The van der Waals surface area contributed by atoms with Gasteiger partial charge in [-0.2, -0.15) is 0 Å². The van der Waals surface area contributed by atoms with Gasteiger partial charge in [0.2, 0.25) is 0 Å². The van der Waals surface area contributed by atoms with Gasteiger partial charge >= 0.3 is 5.97 Å². The summed E-state index contributed by atoms with van der Waals surface area (Å²) in [5, 5.41) is 19.1. The average Bonchev–Trinajstić information content (AvgIpc) is 3.29. The van der Waals surface area contributed by atoms with Crippen molar-refractivity contribution in [3.8, 4) is 16.9 Å². The fourth-order valence-corrected chi connectivity index (χ4v) is 3.03. The first-order valence-electron chi connectivity index (χ1n) is 8.97. The van der Waals surface area contributed by atoms with E-state index in [0.717, 1.165) is 5.56 Å². The number of hydrogen-bond acceptors (Lipinski definition) is 6. The quantitative estimate of drug-likeness (QED) is 0.530. The van der Waals surface area contributed by atoms with E-state index >= 15 is 0 Å². The molecule has 0 saturated carbocycles. The number of aromatic nitrogens is 4. The molecule has 0 spiro atoms. The van der Waals surface area contributed by atoms with Crippen LogP contribution in [-0.4, -0.2) is 38.2 Å². The summed E-state index contributed by atoms with van der Waals surface area (Å²) < 4.78 is 6.24. The molecule has 1 atom stereocenters. The minimum atomic E-state index is -0.984. The second-order valence-corrected chi connectivity index (χ2v) is 6.34. The van der Waals surface area contributed by atoms with Crippen LogP contribution in [0.25, 0.3) is 16.9 Å². The van der Waals surface area contributed by atoms with E-state index in [1.54, 1.807) is 42.7 Å². The van der Waals surface area contributed by atoms with Gasteiger partial charge in [-0.3, -0.25) is 4.98 Å². The van der Waals surface area contributed by atoms with E-state index in [0.29, 0.717) is 28.2 Å². The van der Waals surface area contributed by atoms with Crippen LogP contribution in [0.15, 0.2) is 79.1 Å². The van der Waals surface area contributed by atoms with Crippen LogP contribution in [-0.2, 0) is 4.74 Å². The van der Waals surface area contributed by atoms with Crippen LogP contribution in [0.2, 0.25) is 0 Å². The summed E-state index contributed by atoms with van der Waals surface area (Å²) in [6, 6.07) is 20.0. The molecule has 0 saturated heterocycles. The Labute approximate surface area is 167 Å². The summed E-state index contributed by atoms with van der Waals surface area (Å²) in [4.78, 5) is 16.0. The lowest BCUT2D eigenvalue weighted by molar-refractivity contribution is 0.0600. The van der Waals surface area contributed by atoms with Crippen LogP contribution in [0.1, 0.15) is 27.7 Å². The summed E-state index contributed by atoms with van der Waals surface area (Å²) in [6.45, 7) is 0. The van der Waals surface area contributed by atoms with Crippen LogP contribution < -0.4 is 0 Å². The lowest BCUT2D eigenvalue weighted by Crippen LogP contribution is -2.04. The minimum Gasteiger partial charge on any atom is -0.465 e. The van der Waals surface area contributed by atoms with Gasteiger partial charge in [0.05, 0.1) is 30.3 Å². The van der Waals surface area contributed by atoms with E-state index in [2.05, 4.69) is 15.3 Å². The van der Waals surface area contributed by atoms with Crippen molar-refractivity contribution in [1.82, 2.24) is 20.0 Å². The Hall–Kier alpha value is -3.84. The van der Waals surface area contributed by atoms with Crippen LogP contribution >= 0.6 is 0 Å². The molecule has 0 fully saturated rings. The van der Waals surface area contributed by atoms with Gasteiger partial charge in [-0.25, -0.2) is 9.48 Å². The molecule has 0 aliphatic carbocycles. The normalized spacial score (nSPS) is 11.8. The lowest BCUT2D eigenvalue weighted by atomic mass is 10.0. The predicted octanol–water partition coefficient (Wildman–Crippen LogP) is 3.20. The number of benzene rings is 2. The zero-order valence-corrected chi connectivity index (χ0v) is 15.6. The number of aliphatic hydroxyl groups is 1. The number of pyridine rings is 1. The molecule has 7 heteroatoms. The fourth-order valence-electron chi connectivity index (χ4n) is 3.03. The van der Waals surface area contributed by atoms with Gasteiger partial charge in [-0.05, 0) is 30.3 Å². The van der Waals surface area contributed by atoms with Crippen molar-refractivity contribution < 1.29 is 14.6 Å². The number of carbonyl (C=O) groups is 1. The number of hydrogen-bond donors (Lipinski definition) is 1. The van der Waals surface area contributed by atoms with Crippen LogP contribution in [0.3, 0.4) is 0 Å². The van der Waals surface area contributed by atoms with Gasteiger partial charge in [-0.15, -0.1) is 5.10 Å². The van der Waals surface area contributed by atoms with E-state index in [1.807, 2.05) is 36.4 Å². The van der Waals surface area contributed by atoms with Gasteiger partial charge in [0, 0.05) is 17.3 Å². The van der Waals surface area contributed by atoms with E-state index in [4.69, 9.17) is 4.74 Å². The molecular formula is C22H18N4O3. The van der Waals surface area contributed by atoms with Crippen LogP contribution in [0, 0.1) is 0 Å². The highest BCUT2D eigenvalue weighted by Gasteiger charge is 2.20. The average molecular weight is 386 g/mol. The van der Waals surface area contributed by atoms with Crippen molar-refractivity contribution in [2.24, 2.45) is 0 Å². The molecule has 2 aromatic carbocycles. The van der Waals surface area contributed by atoms with Gasteiger partial charge < -0.3 is 9.84 Å². The highest BCUT2D eigenvalue weighted by molar-refractivity contribution is 5.89. The fraction of sp³-hybridized carbons (Fsp3) is 0.0909. The Kier molecular flexibility index (Phi) is 5.13. The number of esters is 1. The van der Waals surface area contributed by atoms with Crippen molar-refractivity contribution in [2.45, 2.75) is 6.10 Å². The molecule has 1 N–H and O–H groups in total. The molecule has 0 aliphatic rings. The topological polar surface area (TPSA) is 90.1 Å². The first-order chi connectivity index (χ1) is 14.2. The molecule has 1 unspecified atom stereocenters. The number of nitrogens with zero attached hydrogens (tertiary/aromatic N) is 4. The number of carbonyl (C=O) groups excluding carboxylic acids is 1. The maximum absolute atomic E-state index is 11.6. The first kappa shape index (κ1) is 18.5. The molecule has 7 nitrogen and oxygen atoms in total. The Morgan fingerprint density at radius 1 is 1.03 bits per heavy atom. The van der Waals surface area contributed by atoms with Crippen molar-refractivity contribution in [2.75, 3.05) is 7.11 Å². The molecule has 2 heterocycles. The standard InChI is InChI=1S/C22H18N4O3/c1-29-22(28)16-9-11-17(12-10-16)26-14-19(24-25-26)21(27)18-8-5-13-23-20(18)15-6-3-2-4-7-15/h2-14,21,27H,1H3. The third kappa shape index (κ3) is 3.76. The summed E-state index contributed by atoms with van der Waals surface area (Å²) in [7, 11) is 1.34. The maximum Gasteiger partial charge on any atom is 0.337 e. The molecular weight excluding hydrogens is 368 g/mol. The van der Waals surface area contributed by atoms with E-state index < -0.39 is 12.1 Å². The number of aliphatic hydroxyl groups excluding tert-OH is 1. The third-order valence-corrected chi connectivity index (χ3v) is 4.52. The molecule has 0 aliphatic heterocycles. The number of ether oxygens (including phenoxy) is 1. The molecule has 29 heavy (non-hydrogen) atoms. The van der Waals surface area contributed by atoms with Crippen molar-refractivity contribution >= 4 is 5.97 Å². The maximum atomic E-state index is 11.6. The summed E-state index contributed by atoms with van der Waals surface area (Å²) in [5.41, 5.74) is 3.79. The molecule has 2 aromatic heterocycles. The first-order valence-corrected chi connectivity index (χ1v) is 8.97. The predicted molar refractivity (Wildman–Crippen MR) is 106 cm³/mol. The third-order valence-electron chi connectivity index (χ3n) is 4.52. The van der Waals surface area contributed by atoms with Gasteiger partial charge in [0.15, 0.2) is 0 Å². The van der Waals surface area contributed by atoms with Crippen molar-refractivity contribution in [3.63, 3.8) is 0 Å². The molecule has 144 valence electrons. The molecule has 0 bridgehead atoms. The second-order valence-electron chi connectivity index (χ2n) is 6.34. The summed E-state index contributed by atoms with van der Waals surface area (Å²) >= 11 is 0.